The third-order valence-corrected chi connectivity index (χ3v) is 3.31. The Labute approximate surface area is 82.1 Å². The Morgan fingerprint density at radius 3 is 2.38 bits per heavy atom. The first-order valence-electron chi connectivity index (χ1n) is 5.75. The van der Waals surface area contributed by atoms with Gasteiger partial charge in [0.2, 0.25) is 0 Å². The molecule has 0 amide bonds. The monoisotopic (exact) mass is 184 g/mol. The predicted octanol–water partition coefficient (Wildman–Crippen LogP) is 2.02. The highest BCUT2D eigenvalue weighted by Crippen LogP contribution is 2.26. The number of hydrogen-bond donors (Lipinski definition) is 2. The lowest BCUT2D eigenvalue weighted by atomic mass is 9.81. The third kappa shape index (κ3) is 3.65. The maximum atomic E-state index is 6.14. The average Bonchev–Trinajstić information content (AvgIpc) is 2.15. The molecule has 0 bridgehead atoms. The molecule has 1 rings (SSSR count). The number of hydrogen-bond acceptors (Lipinski definition) is 2. The van der Waals surface area contributed by atoms with Crippen molar-refractivity contribution in [2.75, 3.05) is 0 Å². The van der Waals surface area contributed by atoms with Crippen molar-refractivity contribution < 1.29 is 0 Å². The van der Waals surface area contributed by atoms with Gasteiger partial charge in [-0.1, -0.05) is 19.8 Å². The number of rotatable bonds is 4. The van der Waals surface area contributed by atoms with Gasteiger partial charge in [0.15, 0.2) is 0 Å². The first kappa shape index (κ1) is 11.0. The summed E-state index contributed by atoms with van der Waals surface area (Å²) in [6.45, 7) is 2.23. The van der Waals surface area contributed by atoms with Gasteiger partial charge in [0.05, 0.1) is 0 Å². The Balaban J connectivity index is 2.19. The molecule has 0 saturated heterocycles. The molecule has 1 aliphatic rings. The molecule has 1 unspecified atom stereocenters. The van der Waals surface area contributed by atoms with E-state index in [9.17, 15) is 0 Å². The van der Waals surface area contributed by atoms with E-state index in [1.807, 2.05) is 0 Å². The van der Waals surface area contributed by atoms with Crippen molar-refractivity contribution in [2.24, 2.45) is 17.4 Å². The van der Waals surface area contributed by atoms with Crippen LogP contribution in [-0.2, 0) is 0 Å². The highest BCUT2D eigenvalue weighted by atomic mass is 14.7. The molecule has 1 saturated carbocycles. The van der Waals surface area contributed by atoms with Crippen LogP contribution in [0.25, 0.3) is 0 Å². The van der Waals surface area contributed by atoms with E-state index in [1.165, 1.54) is 44.9 Å². The lowest BCUT2D eigenvalue weighted by Crippen LogP contribution is -2.36. The van der Waals surface area contributed by atoms with E-state index in [4.69, 9.17) is 11.5 Å². The second-order valence-electron chi connectivity index (χ2n) is 4.48. The zero-order chi connectivity index (χ0) is 9.68. The SMILES string of the molecule is CCCCC(N)C1CCC(N)CC1. The third-order valence-electron chi connectivity index (χ3n) is 3.31. The van der Waals surface area contributed by atoms with Crippen LogP contribution in [-0.4, -0.2) is 12.1 Å². The topological polar surface area (TPSA) is 52.0 Å². The van der Waals surface area contributed by atoms with Crippen molar-refractivity contribution in [3.05, 3.63) is 0 Å². The maximum absolute atomic E-state index is 6.14. The van der Waals surface area contributed by atoms with Crippen molar-refractivity contribution in [3.8, 4) is 0 Å². The summed E-state index contributed by atoms with van der Waals surface area (Å²) < 4.78 is 0. The molecule has 13 heavy (non-hydrogen) atoms. The van der Waals surface area contributed by atoms with Crippen molar-refractivity contribution in [3.63, 3.8) is 0 Å². The van der Waals surface area contributed by atoms with Crippen molar-refractivity contribution in [1.29, 1.82) is 0 Å². The minimum Gasteiger partial charge on any atom is -0.328 e. The number of nitrogens with two attached hydrogens (primary N) is 2. The molecule has 0 heterocycles. The van der Waals surface area contributed by atoms with E-state index in [2.05, 4.69) is 6.92 Å². The van der Waals surface area contributed by atoms with Crippen LogP contribution in [0.2, 0.25) is 0 Å². The van der Waals surface area contributed by atoms with Crippen molar-refractivity contribution >= 4 is 0 Å². The molecule has 0 aromatic heterocycles. The summed E-state index contributed by atoms with van der Waals surface area (Å²) in [6, 6.07) is 0.891. The van der Waals surface area contributed by atoms with Gasteiger partial charge in [0.25, 0.3) is 0 Å². The average molecular weight is 184 g/mol. The van der Waals surface area contributed by atoms with E-state index in [1.54, 1.807) is 0 Å². The molecule has 1 aliphatic carbocycles. The van der Waals surface area contributed by atoms with E-state index < -0.39 is 0 Å². The highest BCUT2D eigenvalue weighted by molar-refractivity contribution is 4.80. The summed E-state index contributed by atoms with van der Waals surface area (Å²) in [5.74, 6) is 0.756. The summed E-state index contributed by atoms with van der Waals surface area (Å²) >= 11 is 0. The van der Waals surface area contributed by atoms with E-state index in [0.29, 0.717) is 12.1 Å². The Morgan fingerprint density at radius 1 is 1.23 bits per heavy atom. The summed E-state index contributed by atoms with van der Waals surface area (Å²) in [5, 5.41) is 0. The van der Waals surface area contributed by atoms with Crippen LogP contribution in [0.5, 0.6) is 0 Å². The second-order valence-corrected chi connectivity index (χ2v) is 4.48. The quantitative estimate of drug-likeness (QED) is 0.702. The van der Waals surface area contributed by atoms with Crippen LogP contribution < -0.4 is 11.5 Å². The van der Waals surface area contributed by atoms with Crippen molar-refractivity contribution in [2.45, 2.75) is 64.0 Å². The fourth-order valence-electron chi connectivity index (χ4n) is 2.25. The maximum Gasteiger partial charge on any atom is 0.00671 e. The molecule has 78 valence electrons. The number of unbranched alkanes of at least 4 members (excludes halogenated alkanes) is 1. The molecule has 0 aromatic rings. The summed E-state index contributed by atoms with van der Waals surface area (Å²) in [4.78, 5) is 0. The molecule has 0 spiro atoms. The van der Waals surface area contributed by atoms with Crippen LogP contribution in [0.15, 0.2) is 0 Å². The lowest BCUT2D eigenvalue weighted by Gasteiger charge is -2.30. The molecule has 0 aliphatic heterocycles. The second kappa shape index (κ2) is 5.61. The zero-order valence-corrected chi connectivity index (χ0v) is 8.84. The predicted molar refractivity (Wildman–Crippen MR) is 57.4 cm³/mol. The first-order valence-corrected chi connectivity index (χ1v) is 5.75. The van der Waals surface area contributed by atoms with Gasteiger partial charge in [-0.15, -0.1) is 0 Å². The van der Waals surface area contributed by atoms with Gasteiger partial charge >= 0.3 is 0 Å². The Kier molecular flexibility index (Phi) is 4.74. The molecule has 1 atom stereocenters. The molecular weight excluding hydrogens is 160 g/mol. The summed E-state index contributed by atoms with van der Waals surface area (Å²) in [5.41, 5.74) is 12.0. The molecule has 0 radical (unpaired) electrons. The van der Waals surface area contributed by atoms with Gasteiger partial charge in [0, 0.05) is 12.1 Å². The van der Waals surface area contributed by atoms with Gasteiger partial charge in [-0.3, -0.25) is 0 Å². The van der Waals surface area contributed by atoms with Crippen LogP contribution in [0, 0.1) is 5.92 Å². The molecule has 0 aromatic carbocycles. The lowest BCUT2D eigenvalue weighted by molar-refractivity contribution is 0.271. The fourth-order valence-corrected chi connectivity index (χ4v) is 2.25. The fraction of sp³-hybridized carbons (Fsp3) is 1.00. The van der Waals surface area contributed by atoms with E-state index >= 15 is 0 Å². The van der Waals surface area contributed by atoms with Crippen LogP contribution in [0.3, 0.4) is 0 Å². The molecule has 2 heteroatoms. The minimum atomic E-state index is 0.437. The zero-order valence-electron chi connectivity index (χ0n) is 8.84. The molecule has 1 fully saturated rings. The molecule has 2 nitrogen and oxygen atoms in total. The standard InChI is InChI=1S/C11H24N2/c1-2-3-4-11(13)9-5-7-10(12)8-6-9/h9-11H,2-8,12-13H2,1H3. The van der Waals surface area contributed by atoms with Crippen LogP contribution in [0.4, 0.5) is 0 Å². The summed E-state index contributed by atoms with van der Waals surface area (Å²) in [6.07, 6.45) is 8.63. The summed E-state index contributed by atoms with van der Waals surface area (Å²) in [7, 11) is 0. The van der Waals surface area contributed by atoms with Gasteiger partial charge in [-0.25, -0.2) is 0 Å². The normalized spacial score (nSPS) is 31.6. The van der Waals surface area contributed by atoms with Crippen molar-refractivity contribution in [1.82, 2.24) is 0 Å². The Bertz CT molecular complexity index is 128. The van der Waals surface area contributed by atoms with Crippen LogP contribution in [0.1, 0.15) is 51.9 Å². The Morgan fingerprint density at radius 2 is 1.85 bits per heavy atom. The molecular formula is C11H24N2. The Hall–Kier alpha value is -0.0800. The first-order chi connectivity index (χ1) is 6.24. The van der Waals surface area contributed by atoms with Crippen LogP contribution >= 0.6 is 0 Å². The highest BCUT2D eigenvalue weighted by Gasteiger charge is 2.23. The van der Waals surface area contributed by atoms with Gasteiger partial charge < -0.3 is 11.5 Å². The smallest absolute Gasteiger partial charge is 0.00671 e. The van der Waals surface area contributed by atoms with E-state index in [0.717, 1.165) is 5.92 Å². The molecule has 4 N–H and O–H groups in total. The largest absolute Gasteiger partial charge is 0.328 e. The van der Waals surface area contributed by atoms with Gasteiger partial charge in [-0.2, -0.15) is 0 Å². The van der Waals surface area contributed by atoms with Gasteiger partial charge in [0.1, 0.15) is 0 Å². The van der Waals surface area contributed by atoms with E-state index in [-0.39, 0.29) is 0 Å². The minimum absolute atomic E-state index is 0.437. The van der Waals surface area contributed by atoms with Gasteiger partial charge in [-0.05, 0) is 38.0 Å².